The Balaban J connectivity index is 2.02. The molecule has 0 spiro atoms. The number of amides is 1. The topological polar surface area (TPSA) is 38.3 Å². The Morgan fingerprint density at radius 2 is 2.05 bits per heavy atom. The van der Waals surface area contributed by atoms with Crippen LogP contribution >= 0.6 is 0 Å². The van der Waals surface area contributed by atoms with Gasteiger partial charge in [0.05, 0.1) is 6.61 Å². The average molecular weight is 287 g/mol. The van der Waals surface area contributed by atoms with Crippen LogP contribution in [0.1, 0.15) is 28.4 Å². The van der Waals surface area contributed by atoms with E-state index in [1.54, 1.807) is 6.92 Å². The Labute approximate surface area is 123 Å². The first-order chi connectivity index (χ1) is 10.1. The van der Waals surface area contributed by atoms with Crippen LogP contribution < -0.4 is 10.1 Å². The van der Waals surface area contributed by atoms with Crippen LogP contribution in [0.3, 0.4) is 0 Å². The molecule has 0 fully saturated rings. The van der Waals surface area contributed by atoms with Crippen LogP contribution in [0.15, 0.2) is 42.5 Å². The summed E-state index contributed by atoms with van der Waals surface area (Å²) in [5, 5.41) is 2.83. The Hall–Kier alpha value is -2.36. The van der Waals surface area contributed by atoms with Crippen molar-refractivity contribution in [3.05, 3.63) is 65.0 Å². The molecule has 0 saturated carbocycles. The second kappa shape index (κ2) is 6.88. The van der Waals surface area contributed by atoms with Gasteiger partial charge in [0, 0.05) is 12.1 Å². The number of halogens is 1. The Bertz CT molecular complexity index is 640. The van der Waals surface area contributed by atoms with Crippen molar-refractivity contribution >= 4 is 5.91 Å². The first-order valence-corrected chi connectivity index (χ1v) is 6.86. The van der Waals surface area contributed by atoms with Gasteiger partial charge in [-0.05, 0) is 55.3 Å². The minimum absolute atomic E-state index is 0.214. The van der Waals surface area contributed by atoms with Crippen LogP contribution in [0, 0.1) is 12.7 Å². The lowest BCUT2D eigenvalue weighted by atomic mass is 10.1. The Kier molecular flexibility index (Phi) is 4.93. The van der Waals surface area contributed by atoms with Gasteiger partial charge < -0.3 is 10.1 Å². The molecule has 0 atom stereocenters. The molecule has 3 nitrogen and oxygen atoms in total. The molecule has 1 N–H and O–H groups in total. The molecule has 110 valence electrons. The number of nitrogens with one attached hydrogen (secondary N) is 1. The lowest BCUT2D eigenvalue weighted by Crippen LogP contribution is -2.23. The Morgan fingerprint density at radius 1 is 1.24 bits per heavy atom. The van der Waals surface area contributed by atoms with E-state index in [0.29, 0.717) is 24.3 Å². The van der Waals surface area contributed by atoms with Crippen LogP contribution in [0.5, 0.6) is 5.75 Å². The van der Waals surface area contributed by atoms with Gasteiger partial charge in [-0.1, -0.05) is 12.1 Å². The predicted octanol–water partition coefficient (Wildman–Crippen LogP) is 3.46. The molecule has 0 aliphatic heterocycles. The van der Waals surface area contributed by atoms with E-state index in [9.17, 15) is 9.18 Å². The lowest BCUT2D eigenvalue weighted by Gasteiger charge is -2.09. The summed E-state index contributed by atoms with van der Waals surface area (Å²) in [5.41, 5.74) is 2.06. The predicted molar refractivity (Wildman–Crippen MR) is 79.9 cm³/mol. The number of ether oxygens (including phenoxy) is 1. The van der Waals surface area contributed by atoms with Crippen LogP contribution in [0.25, 0.3) is 0 Å². The number of carbonyl (C=O) groups excluding carboxylic acids is 1. The highest BCUT2D eigenvalue weighted by Gasteiger charge is 2.09. The second-order valence-electron chi connectivity index (χ2n) is 4.72. The molecule has 21 heavy (non-hydrogen) atoms. The van der Waals surface area contributed by atoms with E-state index in [-0.39, 0.29) is 11.7 Å². The third-order valence-corrected chi connectivity index (χ3v) is 3.10. The van der Waals surface area contributed by atoms with E-state index in [1.807, 2.05) is 31.2 Å². The van der Waals surface area contributed by atoms with Crippen LogP contribution in [-0.2, 0) is 6.54 Å². The van der Waals surface area contributed by atoms with Crippen molar-refractivity contribution in [2.24, 2.45) is 0 Å². The van der Waals surface area contributed by atoms with Gasteiger partial charge in [-0.2, -0.15) is 0 Å². The number of rotatable bonds is 5. The summed E-state index contributed by atoms with van der Waals surface area (Å²) in [7, 11) is 0. The fraction of sp³-hybridized carbons (Fsp3) is 0.235. The molecule has 0 heterocycles. The highest BCUT2D eigenvalue weighted by molar-refractivity contribution is 5.95. The van der Waals surface area contributed by atoms with Gasteiger partial charge in [0.2, 0.25) is 0 Å². The van der Waals surface area contributed by atoms with E-state index in [4.69, 9.17) is 4.74 Å². The van der Waals surface area contributed by atoms with E-state index >= 15 is 0 Å². The first kappa shape index (κ1) is 15.0. The third kappa shape index (κ3) is 4.05. The van der Waals surface area contributed by atoms with E-state index in [2.05, 4.69) is 5.32 Å². The number of benzene rings is 2. The van der Waals surface area contributed by atoms with Crippen LogP contribution in [0.2, 0.25) is 0 Å². The quantitative estimate of drug-likeness (QED) is 0.914. The molecule has 1 amide bonds. The van der Waals surface area contributed by atoms with Crippen LogP contribution in [0.4, 0.5) is 4.39 Å². The molecule has 0 radical (unpaired) electrons. The highest BCUT2D eigenvalue weighted by atomic mass is 19.1. The number of hydrogen-bond acceptors (Lipinski definition) is 2. The smallest absolute Gasteiger partial charge is 0.251 e. The van der Waals surface area contributed by atoms with Crippen molar-refractivity contribution in [2.75, 3.05) is 6.61 Å². The maximum absolute atomic E-state index is 13.0. The van der Waals surface area contributed by atoms with Crippen molar-refractivity contribution < 1.29 is 13.9 Å². The lowest BCUT2D eigenvalue weighted by molar-refractivity contribution is 0.0950. The van der Waals surface area contributed by atoms with E-state index in [1.165, 1.54) is 18.2 Å². The summed E-state index contributed by atoms with van der Waals surface area (Å²) in [4.78, 5) is 12.1. The first-order valence-electron chi connectivity index (χ1n) is 6.86. The molecule has 2 rings (SSSR count). The molecule has 2 aromatic carbocycles. The van der Waals surface area contributed by atoms with E-state index in [0.717, 1.165) is 11.3 Å². The molecular weight excluding hydrogens is 269 g/mol. The van der Waals surface area contributed by atoms with Gasteiger partial charge in [-0.15, -0.1) is 0 Å². The average Bonchev–Trinajstić information content (AvgIpc) is 2.45. The molecule has 0 aliphatic carbocycles. The van der Waals surface area contributed by atoms with Gasteiger partial charge >= 0.3 is 0 Å². The minimum atomic E-state index is -0.339. The van der Waals surface area contributed by atoms with Crippen molar-refractivity contribution in [3.8, 4) is 5.75 Å². The van der Waals surface area contributed by atoms with Crippen molar-refractivity contribution in [3.63, 3.8) is 0 Å². The SMILES string of the molecule is CCOc1cccc(CNC(=O)c2ccc(F)cc2C)c1. The van der Waals surface area contributed by atoms with Crippen LogP contribution in [-0.4, -0.2) is 12.5 Å². The Morgan fingerprint density at radius 3 is 2.76 bits per heavy atom. The summed E-state index contributed by atoms with van der Waals surface area (Å²) in [5.74, 6) is 0.227. The summed E-state index contributed by atoms with van der Waals surface area (Å²) in [6, 6.07) is 11.7. The second-order valence-corrected chi connectivity index (χ2v) is 4.72. The van der Waals surface area contributed by atoms with Gasteiger partial charge in [-0.3, -0.25) is 4.79 Å². The molecule has 2 aromatic rings. The molecule has 0 aromatic heterocycles. The molecule has 0 unspecified atom stereocenters. The number of carbonyl (C=O) groups is 1. The maximum atomic E-state index is 13.0. The van der Waals surface area contributed by atoms with Crippen molar-refractivity contribution in [1.29, 1.82) is 0 Å². The molecule has 0 bridgehead atoms. The number of aryl methyl sites for hydroxylation is 1. The van der Waals surface area contributed by atoms with Crippen molar-refractivity contribution in [2.45, 2.75) is 20.4 Å². The summed E-state index contributed by atoms with van der Waals surface area (Å²) in [6.07, 6.45) is 0. The molecule has 4 heteroatoms. The fourth-order valence-electron chi connectivity index (χ4n) is 2.07. The highest BCUT2D eigenvalue weighted by Crippen LogP contribution is 2.14. The summed E-state index contributed by atoms with van der Waals surface area (Å²) < 4.78 is 18.4. The third-order valence-electron chi connectivity index (χ3n) is 3.10. The zero-order valence-electron chi connectivity index (χ0n) is 12.2. The standard InChI is InChI=1S/C17H18FNO2/c1-3-21-15-6-4-5-13(10-15)11-19-17(20)16-8-7-14(18)9-12(16)2/h4-10H,3,11H2,1-2H3,(H,19,20). The fourth-order valence-corrected chi connectivity index (χ4v) is 2.07. The zero-order chi connectivity index (χ0) is 15.2. The van der Waals surface area contributed by atoms with Gasteiger partial charge in [-0.25, -0.2) is 4.39 Å². The zero-order valence-corrected chi connectivity index (χ0v) is 12.2. The van der Waals surface area contributed by atoms with Gasteiger partial charge in [0.25, 0.3) is 5.91 Å². The molecular formula is C17H18FNO2. The molecule has 0 saturated heterocycles. The van der Waals surface area contributed by atoms with Crippen molar-refractivity contribution in [1.82, 2.24) is 5.32 Å². The van der Waals surface area contributed by atoms with Gasteiger partial charge in [0.1, 0.15) is 11.6 Å². The summed E-state index contributed by atoms with van der Waals surface area (Å²) in [6.45, 7) is 4.64. The summed E-state index contributed by atoms with van der Waals surface area (Å²) >= 11 is 0. The number of hydrogen-bond donors (Lipinski definition) is 1. The normalized spacial score (nSPS) is 10.2. The minimum Gasteiger partial charge on any atom is -0.494 e. The monoisotopic (exact) mass is 287 g/mol. The van der Waals surface area contributed by atoms with E-state index < -0.39 is 0 Å². The molecule has 0 aliphatic rings. The maximum Gasteiger partial charge on any atom is 0.251 e. The largest absolute Gasteiger partial charge is 0.494 e. The van der Waals surface area contributed by atoms with Gasteiger partial charge in [0.15, 0.2) is 0 Å².